The fourth-order valence-electron chi connectivity index (χ4n) is 4.03. The lowest BCUT2D eigenvalue weighted by atomic mass is 10.1. The monoisotopic (exact) mass is 370 g/mol. The summed E-state index contributed by atoms with van der Waals surface area (Å²) in [5.74, 6) is -0.0324. The molecule has 0 saturated carbocycles. The molecule has 2 N–H and O–H groups in total. The Kier molecular flexibility index (Phi) is 5.52. The van der Waals surface area contributed by atoms with Crippen molar-refractivity contribution in [1.29, 1.82) is 0 Å². The summed E-state index contributed by atoms with van der Waals surface area (Å²) in [4.78, 5) is 15.1. The van der Waals surface area contributed by atoms with Crippen LogP contribution in [0, 0.1) is 0 Å². The Hall–Kier alpha value is -2.22. The Balaban J connectivity index is 1.34. The van der Waals surface area contributed by atoms with Crippen LogP contribution in [-0.2, 0) is 11.3 Å². The van der Waals surface area contributed by atoms with Gasteiger partial charge in [-0.3, -0.25) is 14.4 Å². The second-order valence-corrected chi connectivity index (χ2v) is 7.39. The van der Waals surface area contributed by atoms with Crippen molar-refractivity contribution in [2.24, 2.45) is 0 Å². The number of nitrogens with zero attached hydrogens (tertiary/aromatic N) is 3. The van der Waals surface area contributed by atoms with Crippen LogP contribution in [0.15, 0.2) is 42.7 Å². The van der Waals surface area contributed by atoms with Gasteiger partial charge in [-0.05, 0) is 36.6 Å². The third kappa shape index (κ3) is 4.37. The maximum atomic E-state index is 12.7. The van der Waals surface area contributed by atoms with Gasteiger partial charge in [0.05, 0.1) is 19.3 Å². The van der Waals surface area contributed by atoms with Gasteiger partial charge in [-0.1, -0.05) is 12.1 Å². The first-order valence-electron chi connectivity index (χ1n) is 9.55. The van der Waals surface area contributed by atoms with Crippen molar-refractivity contribution in [3.8, 4) is 0 Å². The molecule has 2 saturated heterocycles. The van der Waals surface area contributed by atoms with Gasteiger partial charge in [-0.25, -0.2) is 0 Å². The summed E-state index contributed by atoms with van der Waals surface area (Å²) in [7, 11) is 0. The van der Waals surface area contributed by atoms with E-state index in [1.54, 1.807) is 6.20 Å². The van der Waals surface area contributed by atoms with Crippen molar-refractivity contribution >= 4 is 5.91 Å². The van der Waals surface area contributed by atoms with Crippen molar-refractivity contribution < 1.29 is 14.6 Å². The summed E-state index contributed by atoms with van der Waals surface area (Å²) >= 11 is 0. The standard InChI is InChI=1S/C20H26N4O3/c25-8-5-19-13-23-12-17(10-18(23)14-27-19)22-20(26)16-4-1-3-15(9-16)11-24-7-2-6-21-24/h1-4,6-7,9,17-19,25H,5,8,10-14H2,(H,22,26)/t17-,18+,19+/m1/s1. The highest BCUT2D eigenvalue weighted by atomic mass is 16.5. The largest absolute Gasteiger partial charge is 0.396 e. The van der Waals surface area contributed by atoms with Gasteiger partial charge in [0.25, 0.3) is 5.91 Å². The van der Waals surface area contributed by atoms with Gasteiger partial charge in [0.1, 0.15) is 0 Å². The molecule has 27 heavy (non-hydrogen) atoms. The molecule has 2 aliphatic heterocycles. The number of carbonyl (C=O) groups excluding carboxylic acids is 1. The van der Waals surface area contributed by atoms with Crippen LogP contribution in [0.4, 0.5) is 0 Å². The van der Waals surface area contributed by atoms with Gasteiger partial charge in [0, 0.05) is 49.7 Å². The van der Waals surface area contributed by atoms with Crippen molar-refractivity contribution in [2.45, 2.75) is 37.6 Å². The number of hydrogen-bond acceptors (Lipinski definition) is 5. The fraction of sp³-hybridized carbons (Fsp3) is 0.500. The van der Waals surface area contributed by atoms with Gasteiger partial charge in [-0.2, -0.15) is 5.10 Å². The van der Waals surface area contributed by atoms with Crippen LogP contribution in [-0.4, -0.2) is 70.2 Å². The second kappa shape index (κ2) is 8.21. The predicted molar refractivity (Wildman–Crippen MR) is 100 cm³/mol. The summed E-state index contributed by atoms with van der Waals surface area (Å²) in [6, 6.07) is 10.1. The van der Waals surface area contributed by atoms with Crippen LogP contribution < -0.4 is 5.32 Å². The predicted octanol–water partition coefficient (Wildman–Crippen LogP) is 0.885. The molecule has 2 fully saturated rings. The summed E-state index contributed by atoms with van der Waals surface area (Å²) in [6.07, 6.45) is 5.33. The molecule has 1 aromatic heterocycles. The zero-order chi connectivity index (χ0) is 18.6. The molecule has 0 unspecified atom stereocenters. The number of aromatic nitrogens is 2. The van der Waals surface area contributed by atoms with Gasteiger partial charge in [0.15, 0.2) is 0 Å². The number of benzene rings is 1. The fourth-order valence-corrected chi connectivity index (χ4v) is 4.03. The van der Waals surface area contributed by atoms with E-state index in [0.717, 1.165) is 25.1 Å². The highest BCUT2D eigenvalue weighted by molar-refractivity contribution is 5.94. The summed E-state index contributed by atoms with van der Waals surface area (Å²) in [5.41, 5.74) is 1.73. The molecule has 2 aliphatic rings. The Morgan fingerprint density at radius 3 is 3.07 bits per heavy atom. The zero-order valence-electron chi connectivity index (χ0n) is 15.3. The summed E-state index contributed by atoms with van der Waals surface area (Å²) < 4.78 is 7.66. The molecular weight excluding hydrogens is 344 g/mol. The molecule has 0 bridgehead atoms. The van der Waals surface area contributed by atoms with Gasteiger partial charge in [0.2, 0.25) is 0 Å². The van der Waals surface area contributed by atoms with Crippen LogP contribution in [0.2, 0.25) is 0 Å². The quantitative estimate of drug-likeness (QED) is 0.789. The third-order valence-electron chi connectivity index (χ3n) is 5.37. The normalized spacial score (nSPS) is 25.3. The molecule has 1 aromatic carbocycles. The Morgan fingerprint density at radius 2 is 2.26 bits per heavy atom. The van der Waals surface area contributed by atoms with E-state index < -0.39 is 0 Å². The van der Waals surface area contributed by atoms with E-state index >= 15 is 0 Å². The molecular formula is C20H26N4O3. The van der Waals surface area contributed by atoms with E-state index in [4.69, 9.17) is 9.84 Å². The van der Waals surface area contributed by atoms with Gasteiger partial charge >= 0.3 is 0 Å². The Bertz CT molecular complexity index is 764. The number of nitrogens with one attached hydrogen (secondary N) is 1. The molecule has 144 valence electrons. The van der Waals surface area contributed by atoms with E-state index in [2.05, 4.69) is 15.3 Å². The van der Waals surface area contributed by atoms with Crippen LogP contribution in [0.5, 0.6) is 0 Å². The number of aliphatic hydroxyl groups is 1. The molecule has 0 spiro atoms. The number of fused-ring (bicyclic) bond motifs is 1. The van der Waals surface area contributed by atoms with E-state index in [9.17, 15) is 4.79 Å². The SMILES string of the molecule is O=C(N[C@@H]1C[C@H]2CO[C@@H](CCO)CN2C1)c1cccc(Cn2cccn2)c1. The van der Waals surface area contributed by atoms with Crippen LogP contribution in [0.25, 0.3) is 0 Å². The number of aliphatic hydroxyl groups excluding tert-OH is 1. The maximum Gasteiger partial charge on any atom is 0.251 e. The van der Waals surface area contributed by atoms with Crippen molar-refractivity contribution in [3.05, 3.63) is 53.9 Å². The lowest BCUT2D eigenvalue weighted by Crippen LogP contribution is -2.46. The second-order valence-electron chi connectivity index (χ2n) is 7.39. The minimum Gasteiger partial charge on any atom is -0.396 e. The number of morpholine rings is 1. The topological polar surface area (TPSA) is 79.6 Å². The highest BCUT2D eigenvalue weighted by Crippen LogP contribution is 2.24. The molecule has 7 nitrogen and oxygen atoms in total. The molecule has 3 heterocycles. The van der Waals surface area contributed by atoms with E-state index in [1.807, 2.05) is 41.2 Å². The number of amides is 1. The maximum absolute atomic E-state index is 12.7. The first-order chi connectivity index (χ1) is 13.2. The van der Waals surface area contributed by atoms with E-state index in [0.29, 0.717) is 31.2 Å². The Labute approximate surface area is 158 Å². The van der Waals surface area contributed by atoms with Gasteiger partial charge < -0.3 is 15.2 Å². The molecule has 2 aromatic rings. The molecule has 1 amide bonds. The Morgan fingerprint density at radius 1 is 1.33 bits per heavy atom. The zero-order valence-corrected chi connectivity index (χ0v) is 15.3. The first-order valence-corrected chi connectivity index (χ1v) is 9.55. The highest BCUT2D eigenvalue weighted by Gasteiger charge is 2.37. The number of carbonyl (C=O) groups is 1. The third-order valence-corrected chi connectivity index (χ3v) is 5.37. The van der Waals surface area contributed by atoms with Gasteiger partial charge in [-0.15, -0.1) is 0 Å². The van der Waals surface area contributed by atoms with Crippen molar-refractivity contribution in [3.63, 3.8) is 0 Å². The van der Waals surface area contributed by atoms with Crippen molar-refractivity contribution in [1.82, 2.24) is 20.0 Å². The summed E-state index contributed by atoms with van der Waals surface area (Å²) in [6.45, 7) is 3.15. The molecule has 4 rings (SSSR count). The molecule has 0 radical (unpaired) electrons. The average molecular weight is 370 g/mol. The van der Waals surface area contributed by atoms with Crippen molar-refractivity contribution in [2.75, 3.05) is 26.3 Å². The minimum absolute atomic E-state index is 0.0324. The average Bonchev–Trinajstić information content (AvgIpc) is 3.31. The van der Waals surface area contributed by atoms with Crippen LogP contribution in [0.1, 0.15) is 28.8 Å². The molecule has 3 atom stereocenters. The minimum atomic E-state index is -0.0324. The molecule has 7 heteroatoms. The van der Waals surface area contributed by atoms with Crippen LogP contribution >= 0.6 is 0 Å². The van der Waals surface area contributed by atoms with Crippen LogP contribution in [0.3, 0.4) is 0 Å². The number of ether oxygens (including phenoxy) is 1. The lowest BCUT2D eigenvalue weighted by molar-refractivity contribution is -0.0566. The molecule has 0 aliphatic carbocycles. The van der Waals surface area contributed by atoms with E-state index in [1.165, 1.54) is 0 Å². The number of rotatable bonds is 6. The van der Waals surface area contributed by atoms with E-state index in [-0.39, 0.29) is 24.7 Å². The first kappa shape index (κ1) is 18.2. The summed E-state index contributed by atoms with van der Waals surface area (Å²) in [5, 5.41) is 16.5. The smallest absolute Gasteiger partial charge is 0.251 e. The number of hydrogen-bond donors (Lipinski definition) is 2. The lowest BCUT2D eigenvalue weighted by Gasteiger charge is -2.34.